The number of carbonyl (C=O) groups is 3. The number of hydrogen-bond acceptors (Lipinski definition) is 6. The maximum Gasteiger partial charge on any atom is 0.234 e. The fourth-order valence-corrected chi connectivity index (χ4v) is 4.21. The standard InChI is InChI=1S/C25H35N5O4.2CH4/c1-16-10-26-23(31)14-29(15-24(32)27-11-17(2)25(16)33)12-20-6-7-22(34-5)21(9-20)13-30-19(4)8-18(3)28-30;;/h6-9,16-17H,10-15H2,1-5H3,(H,26,31)(H,27,32);2*1H4. The number of benzene rings is 1. The number of methoxy groups -OCH3 is 1. The number of aryl methyl sites for hydroxylation is 2. The van der Waals surface area contributed by atoms with Crippen LogP contribution in [0.5, 0.6) is 5.75 Å². The fraction of sp³-hybridized carbons (Fsp3) is 0.556. The minimum Gasteiger partial charge on any atom is -0.496 e. The Morgan fingerprint density at radius 3 is 2.03 bits per heavy atom. The molecule has 200 valence electrons. The van der Waals surface area contributed by atoms with Crippen LogP contribution >= 0.6 is 0 Å². The molecule has 2 unspecified atom stereocenters. The zero-order chi connectivity index (χ0) is 24.8. The minimum atomic E-state index is -0.303. The molecule has 1 saturated heterocycles. The molecule has 2 heterocycles. The summed E-state index contributed by atoms with van der Waals surface area (Å²) in [6.45, 7) is 9.24. The van der Waals surface area contributed by atoms with Crippen molar-refractivity contribution in [2.75, 3.05) is 33.3 Å². The Morgan fingerprint density at radius 2 is 1.53 bits per heavy atom. The van der Waals surface area contributed by atoms with Crippen LogP contribution in [0.2, 0.25) is 0 Å². The summed E-state index contributed by atoms with van der Waals surface area (Å²) in [4.78, 5) is 39.3. The van der Waals surface area contributed by atoms with Gasteiger partial charge in [0.15, 0.2) is 0 Å². The van der Waals surface area contributed by atoms with E-state index in [2.05, 4.69) is 15.7 Å². The number of aromatic nitrogens is 2. The fourth-order valence-electron chi connectivity index (χ4n) is 4.21. The molecule has 1 fully saturated rings. The molecule has 0 aliphatic carbocycles. The number of rotatable bonds is 5. The van der Waals surface area contributed by atoms with Crippen LogP contribution < -0.4 is 15.4 Å². The van der Waals surface area contributed by atoms with Gasteiger partial charge in [0.25, 0.3) is 0 Å². The summed E-state index contributed by atoms with van der Waals surface area (Å²) in [7, 11) is 1.64. The van der Waals surface area contributed by atoms with Crippen LogP contribution in [0.15, 0.2) is 24.3 Å². The maximum absolute atomic E-state index is 12.6. The van der Waals surface area contributed by atoms with E-state index in [0.29, 0.717) is 26.2 Å². The largest absolute Gasteiger partial charge is 0.496 e. The number of carbonyl (C=O) groups excluding carboxylic acids is 3. The van der Waals surface area contributed by atoms with E-state index in [4.69, 9.17) is 4.74 Å². The van der Waals surface area contributed by atoms with E-state index in [1.54, 1.807) is 25.9 Å². The average molecular weight is 502 g/mol. The lowest BCUT2D eigenvalue weighted by atomic mass is 9.95. The third kappa shape index (κ3) is 8.19. The Labute approximate surface area is 215 Å². The van der Waals surface area contributed by atoms with Gasteiger partial charge in [-0.1, -0.05) is 34.8 Å². The molecule has 2 aromatic rings. The molecule has 0 radical (unpaired) electrons. The van der Waals surface area contributed by atoms with Gasteiger partial charge in [0.1, 0.15) is 11.5 Å². The van der Waals surface area contributed by atoms with Crippen molar-refractivity contribution >= 4 is 17.6 Å². The Balaban J connectivity index is 0.00000324. The van der Waals surface area contributed by atoms with E-state index in [1.165, 1.54) is 0 Å². The zero-order valence-corrected chi connectivity index (χ0v) is 20.7. The molecule has 1 aliphatic rings. The van der Waals surface area contributed by atoms with Gasteiger partial charge in [-0.3, -0.25) is 24.0 Å². The van der Waals surface area contributed by atoms with Crippen molar-refractivity contribution in [2.24, 2.45) is 11.8 Å². The predicted molar refractivity (Wildman–Crippen MR) is 142 cm³/mol. The number of nitrogens with one attached hydrogen (secondary N) is 2. The summed E-state index contributed by atoms with van der Waals surface area (Å²) in [5, 5.41) is 10.2. The zero-order valence-electron chi connectivity index (χ0n) is 20.7. The lowest BCUT2D eigenvalue weighted by Crippen LogP contribution is -2.46. The number of hydrogen-bond donors (Lipinski definition) is 2. The van der Waals surface area contributed by atoms with Crippen LogP contribution in [-0.4, -0.2) is 65.6 Å². The van der Waals surface area contributed by atoms with Crippen LogP contribution in [-0.2, 0) is 27.5 Å². The molecule has 0 bridgehead atoms. The predicted octanol–water partition coefficient (Wildman–Crippen LogP) is 2.72. The van der Waals surface area contributed by atoms with Crippen molar-refractivity contribution in [1.29, 1.82) is 0 Å². The topological polar surface area (TPSA) is 106 Å². The third-order valence-electron chi connectivity index (χ3n) is 6.09. The Bertz CT molecular complexity index is 1020. The summed E-state index contributed by atoms with van der Waals surface area (Å²) < 4.78 is 7.48. The van der Waals surface area contributed by atoms with E-state index < -0.39 is 0 Å². The third-order valence-corrected chi connectivity index (χ3v) is 6.09. The quantitative estimate of drug-likeness (QED) is 0.653. The molecule has 1 aromatic carbocycles. The summed E-state index contributed by atoms with van der Waals surface area (Å²) >= 11 is 0. The number of ether oxygens (including phenoxy) is 1. The molecule has 0 spiro atoms. The second kappa shape index (κ2) is 13.8. The Hall–Kier alpha value is -3.20. The number of amides is 2. The second-order valence-corrected chi connectivity index (χ2v) is 9.19. The molecular formula is C27H43N5O4. The van der Waals surface area contributed by atoms with Gasteiger partial charge in [-0.05, 0) is 37.6 Å². The first-order valence-corrected chi connectivity index (χ1v) is 11.6. The van der Waals surface area contributed by atoms with Crippen molar-refractivity contribution in [1.82, 2.24) is 25.3 Å². The van der Waals surface area contributed by atoms with Crippen LogP contribution in [0.4, 0.5) is 0 Å². The molecule has 1 aromatic heterocycles. The normalized spacial score (nSPS) is 19.6. The second-order valence-electron chi connectivity index (χ2n) is 9.19. The first-order chi connectivity index (χ1) is 16.2. The first kappa shape index (κ1) is 30.8. The Morgan fingerprint density at radius 1 is 0.944 bits per heavy atom. The monoisotopic (exact) mass is 501 g/mol. The maximum atomic E-state index is 12.6. The molecule has 0 saturated carbocycles. The molecule has 9 heteroatoms. The molecule has 2 N–H and O–H groups in total. The van der Waals surface area contributed by atoms with Gasteiger partial charge >= 0.3 is 0 Å². The average Bonchev–Trinajstić information content (AvgIpc) is 3.11. The van der Waals surface area contributed by atoms with Crippen LogP contribution in [0, 0.1) is 25.7 Å². The van der Waals surface area contributed by atoms with Crippen molar-refractivity contribution in [3.8, 4) is 5.75 Å². The minimum absolute atomic E-state index is 0. The van der Waals surface area contributed by atoms with Gasteiger partial charge in [-0.15, -0.1) is 0 Å². The Kier molecular flexibility index (Phi) is 11.8. The summed E-state index contributed by atoms with van der Waals surface area (Å²) in [6, 6.07) is 7.91. The van der Waals surface area contributed by atoms with Crippen molar-refractivity contribution in [2.45, 2.75) is 55.6 Å². The highest BCUT2D eigenvalue weighted by atomic mass is 16.5. The van der Waals surface area contributed by atoms with Crippen LogP contribution in [0.1, 0.15) is 51.2 Å². The van der Waals surface area contributed by atoms with E-state index >= 15 is 0 Å². The van der Waals surface area contributed by atoms with Crippen molar-refractivity contribution in [3.63, 3.8) is 0 Å². The van der Waals surface area contributed by atoms with Crippen molar-refractivity contribution < 1.29 is 19.1 Å². The van der Waals surface area contributed by atoms with Crippen LogP contribution in [0.3, 0.4) is 0 Å². The molecular weight excluding hydrogens is 458 g/mol. The van der Waals surface area contributed by atoms with Gasteiger partial charge in [0.05, 0.1) is 32.4 Å². The van der Waals surface area contributed by atoms with Gasteiger partial charge in [0.2, 0.25) is 11.8 Å². The highest BCUT2D eigenvalue weighted by Gasteiger charge is 2.24. The highest BCUT2D eigenvalue weighted by Crippen LogP contribution is 2.22. The smallest absolute Gasteiger partial charge is 0.234 e. The van der Waals surface area contributed by atoms with Gasteiger partial charge < -0.3 is 15.4 Å². The summed E-state index contributed by atoms with van der Waals surface area (Å²) in [5.41, 5.74) is 3.94. The number of Topliss-reactive ketones (excluding diaryl/α,β-unsaturated/α-hetero) is 1. The molecule has 2 amide bonds. The van der Waals surface area contributed by atoms with E-state index in [9.17, 15) is 14.4 Å². The lowest BCUT2D eigenvalue weighted by molar-refractivity contribution is -0.128. The summed E-state index contributed by atoms with van der Waals surface area (Å²) in [5.74, 6) is -0.238. The van der Waals surface area contributed by atoms with Crippen LogP contribution in [0.25, 0.3) is 0 Å². The van der Waals surface area contributed by atoms with E-state index in [1.807, 2.05) is 42.8 Å². The van der Waals surface area contributed by atoms with E-state index in [0.717, 1.165) is 28.3 Å². The van der Waals surface area contributed by atoms with Gasteiger partial charge in [0, 0.05) is 42.7 Å². The van der Waals surface area contributed by atoms with Gasteiger partial charge in [-0.2, -0.15) is 5.10 Å². The molecule has 36 heavy (non-hydrogen) atoms. The van der Waals surface area contributed by atoms with Gasteiger partial charge in [-0.25, -0.2) is 0 Å². The first-order valence-electron chi connectivity index (χ1n) is 11.6. The summed E-state index contributed by atoms with van der Waals surface area (Å²) in [6.07, 6.45) is 0. The van der Waals surface area contributed by atoms with Crippen molar-refractivity contribution in [3.05, 3.63) is 46.8 Å². The number of ketones is 1. The molecule has 1 aliphatic heterocycles. The number of nitrogens with zero attached hydrogens (tertiary/aromatic N) is 3. The lowest BCUT2D eigenvalue weighted by Gasteiger charge is -2.25. The highest BCUT2D eigenvalue weighted by molar-refractivity contribution is 5.86. The molecule has 2 atom stereocenters. The SMILES string of the molecule is C.C.COc1ccc(CN2CC(=O)NCC(C)C(=O)C(C)CNC(=O)C2)cc1Cn1nc(C)cc1C. The van der Waals surface area contributed by atoms with E-state index in [-0.39, 0.29) is 57.4 Å². The molecule has 3 rings (SSSR count). The molecule has 9 nitrogen and oxygen atoms in total.